The maximum absolute atomic E-state index is 11.7. The maximum atomic E-state index is 11.7. The van der Waals surface area contributed by atoms with E-state index in [0.717, 1.165) is 4.47 Å². The molecular formula is C13H9BrN4O3. The summed E-state index contributed by atoms with van der Waals surface area (Å²) in [6.45, 7) is 0. The number of aromatic nitrogens is 2. The van der Waals surface area contributed by atoms with Crippen LogP contribution >= 0.6 is 15.9 Å². The third-order valence-electron chi connectivity index (χ3n) is 2.39. The molecule has 0 fully saturated rings. The number of hydrogen-bond acceptors (Lipinski definition) is 5. The SMILES string of the molecule is O=C(O)/C(=N\NC(=O)c1cnccn1)c1ccc(Br)cc1. The van der Waals surface area contributed by atoms with E-state index >= 15 is 0 Å². The Bertz CT molecular complexity index is 686. The third kappa shape index (κ3) is 3.93. The van der Waals surface area contributed by atoms with Crippen LogP contribution in [0.1, 0.15) is 16.1 Å². The lowest BCUT2D eigenvalue weighted by Gasteiger charge is -2.03. The highest BCUT2D eigenvalue weighted by Crippen LogP contribution is 2.11. The molecule has 8 heteroatoms. The first kappa shape index (κ1) is 14.8. The Morgan fingerprint density at radius 1 is 1.19 bits per heavy atom. The van der Waals surface area contributed by atoms with Crippen molar-refractivity contribution >= 4 is 33.5 Å². The molecule has 7 nitrogen and oxygen atoms in total. The predicted octanol–water partition coefficient (Wildman–Crippen LogP) is 1.46. The largest absolute Gasteiger partial charge is 0.476 e. The molecule has 0 aliphatic heterocycles. The minimum absolute atomic E-state index is 0.0433. The van der Waals surface area contributed by atoms with Gasteiger partial charge >= 0.3 is 5.97 Å². The lowest BCUT2D eigenvalue weighted by atomic mass is 10.1. The van der Waals surface area contributed by atoms with Crippen LogP contribution in [0.4, 0.5) is 0 Å². The summed E-state index contributed by atoms with van der Waals surface area (Å²) in [7, 11) is 0. The lowest BCUT2D eigenvalue weighted by Crippen LogP contribution is -2.24. The van der Waals surface area contributed by atoms with Gasteiger partial charge in [-0.25, -0.2) is 15.2 Å². The molecule has 0 aliphatic rings. The van der Waals surface area contributed by atoms with Crippen molar-refractivity contribution in [2.24, 2.45) is 5.10 Å². The van der Waals surface area contributed by atoms with Crippen LogP contribution in [0.25, 0.3) is 0 Å². The fourth-order valence-corrected chi connectivity index (χ4v) is 1.69. The highest BCUT2D eigenvalue weighted by atomic mass is 79.9. The van der Waals surface area contributed by atoms with Gasteiger partial charge in [0.05, 0.1) is 6.20 Å². The molecule has 0 spiro atoms. The minimum atomic E-state index is -1.25. The first-order chi connectivity index (χ1) is 10.1. The second kappa shape index (κ2) is 6.71. The molecule has 106 valence electrons. The van der Waals surface area contributed by atoms with Crippen LogP contribution in [0.15, 0.2) is 52.4 Å². The predicted molar refractivity (Wildman–Crippen MR) is 77.8 cm³/mol. The smallest absolute Gasteiger partial charge is 0.356 e. The number of carbonyl (C=O) groups is 2. The number of nitrogens with zero attached hydrogens (tertiary/aromatic N) is 3. The zero-order valence-corrected chi connectivity index (χ0v) is 12.1. The Morgan fingerprint density at radius 3 is 2.48 bits per heavy atom. The summed E-state index contributed by atoms with van der Waals surface area (Å²) in [5, 5.41) is 12.8. The Kier molecular flexibility index (Phi) is 4.72. The van der Waals surface area contributed by atoms with Crippen LogP contribution in [0.3, 0.4) is 0 Å². The van der Waals surface area contributed by atoms with E-state index in [-0.39, 0.29) is 11.4 Å². The van der Waals surface area contributed by atoms with Crippen molar-refractivity contribution in [3.05, 3.63) is 58.6 Å². The normalized spacial score (nSPS) is 11.0. The first-order valence-corrected chi connectivity index (χ1v) is 6.50. The number of carbonyl (C=O) groups excluding carboxylic acids is 1. The van der Waals surface area contributed by atoms with E-state index in [1.54, 1.807) is 24.3 Å². The summed E-state index contributed by atoms with van der Waals surface area (Å²) in [4.78, 5) is 30.5. The van der Waals surface area contributed by atoms with Gasteiger partial charge in [0.2, 0.25) is 0 Å². The van der Waals surface area contributed by atoms with Gasteiger partial charge < -0.3 is 5.11 Å². The second-order valence-electron chi connectivity index (χ2n) is 3.80. The van der Waals surface area contributed by atoms with Crippen molar-refractivity contribution in [1.29, 1.82) is 0 Å². The maximum Gasteiger partial charge on any atom is 0.356 e. The van der Waals surface area contributed by atoms with E-state index in [9.17, 15) is 9.59 Å². The fourth-order valence-electron chi connectivity index (χ4n) is 1.42. The van der Waals surface area contributed by atoms with Crippen LogP contribution in [0.2, 0.25) is 0 Å². The number of nitrogens with one attached hydrogen (secondary N) is 1. The molecule has 0 bridgehead atoms. The Labute approximate surface area is 127 Å². The van der Waals surface area contributed by atoms with Crippen molar-refractivity contribution in [1.82, 2.24) is 15.4 Å². The highest BCUT2D eigenvalue weighted by Gasteiger charge is 2.14. The molecule has 2 aromatic rings. The van der Waals surface area contributed by atoms with Gasteiger partial charge in [0.1, 0.15) is 5.69 Å². The standard InChI is InChI=1S/C13H9BrN4O3/c14-9-3-1-8(2-4-9)11(13(20)21)17-18-12(19)10-7-15-5-6-16-10/h1-7H,(H,18,19)(H,20,21)/b17-11-. The van der Waals surface area contributed by atoms with Gasteiger partial charge in [-0.15, -0.1) is 0 Å². The number of aliphatic carboxylic acids is 1. The quantitative estimate of drug-likeness (QED) is 0.642. The molecule has 0 atom stereocenters. The highest BCUT2D eigenvalue weighted by molar-refractivity contribution is 9.10. The van der Waals surface area contributed by atoms with E-state index in [0.29, 0.717) is 5.56 Å². The molecule has 2 N–H and O–H groups in total. The Balaban J connectivity index is 2.21. The molecule has 0 unspecified atom stereocenters. The van der Waals surface area contributed by atoms with Crippen LogP contribution in [-0.2, 0) is 4.79 Å². The molecule has 0 saturated carbocycles. The number of hydrogen-bond donors (Lipinski definition) is 2. The molecule has 1 heterocycles. The molecular weight excluding hydrogens is 340 g/mol. The molecule has 0 saturated heterocycles. The van der Waals surface area contributed by atoms with E-state index in [2.05, 4.69) is 36.4 Å². The number of carboxylic acids is 1. The average Bonchev–Trinajstić information content (AvgIpc) is 2.49. The number of halogens is 1. The summed E-state index contributed by atoms with van der Waals surface area (Å²) in [5.74, 6) is -1.89. The molecule has 21 heavy (non-hydrogen) atoms. The van der Waals surface area contributed by atoms with Gasteiger partial charge in [0.15, 0.2) is 5.71 Å². The Morgan fingerprint density at radius 2 is 1.90 bits per heavy atom. The molecule has 0 aliphatic carbocycles. The monoisotopic (exact) mass is 348 g/mol. The van der Waals surface area contributed by atoms with Gasteiger partial charge in [0, 0.05) is 22.4 Å². The van der Waals surface area contributed by atoms with Gasteiger partial charge in [-0.05, 0) is 12.1 Å². The van der Waals surface area contributed by atoms with Crippen molar-refractivity contribution in [2.75, 3.05) is 0 Å². The van der Waals surface area contributed by atoms with Gasteiger partial charge in [-0.3, -0.25) is 9.78 Å². The zero-order valence-electron chi connectivity index (χ0n) is 10.5. The molecule has 2 rings (SSSR count). The van der Waals surface area contributed by atoms with Crippen LogP contribution < -0.4 is 5.43 Å². The zero-order chi connectivity index (χ0) is 15.2. The average molecular weight is 349 g/mol. The van der Waals surface area contributed by atoms with Crippen molar-refractivity contribution < 1.29 is 14.7 Å². The van der Waals surface area contributed by atoms with Gasteiger partial charge in [-0.2, -0.15) is 5.10 Å². The summed E-state index contributed by atoms with van der Waals surface area (Å²) < 4.78 is 0.805. The molecule has 0 radical (unpaired) electrons. The van der Waals surface area contributed by atoms with E-state index in [1.165, 1.54) is 18.6 Å². The van der Waals surface area contributed by atoms with Crippen molar-refractivity contribution in [3.8, 4) is 0 Å². The molecule has 1 aromatic carbocycles. The van der Waals surface area contributed by atoms with Crippen LogP contribution in [-0.4, -0.2) is 32.7 Å². The van der Waals surface area contributed by atoms with Gasteiger partial charge in [0.25, 0.3) is 5.91 Å². The minimum Gasteiger partial charge on any atom is -0.476 e. The molecule has 1 aromatic heterocycles. The topological polar surface area (TPSA) is 105 Å². The van der Waals surface area contributed by atoms with Crippen LogP contribution in [0.5, 0.6) is 0 Å². The summed E-state index contributed by atoms with van der Waals surface area (Å²) in [6.07, 6.45) is 4.03. The Hall–Kier alpha value is -2.61. The van der Waals surface area contributed by atoms with Crippen molar-refractivity contribution in [2.45, 2.75) is 0 Å². The number of benzene rings is 1. The lowest BCUT2D eigenvalue weighted by molar-refractivity contribution is -0.129. The van der Waals surface area contributed by atoms with E-state index < -0.39 is 11.9 Å². The number of rotatable bonds is 4. The van der Waals surface area contributed by atoms with Crippen LogP contribution in [0, 0.1) is 0 Å². The summed E-state index contributed by atoms with van der Waals surface area (Å²) in [6, 6.07) is 6.51. The fraction of sp³-hybridized carbons (Fsp3) is 0. The van der Waals surface area contributed by atoms with E-state index in [4.69, 9.17) is 5.11 Å². The molecule has 1 amide bonds. The van der Waals surface area contributed by atoms with E-state index in [1.807, 2.05) is 0 Å². The summed E-state index contributed by atoms with van der Waals surface area (Å²) >= 11 is 3.25. The van der Waals surface area contributed by atoms with Gasteiger partial charge in [-0.1, -0.05) is 28.1 Å². The first-order valence-electron chi connectivity index (χ1n) is 5.71. The number of amides is 1. The number of hydrazone groups is 1. The summed E-state index contributed by atoms with van der Waals surface area (Å²) in [5.41, 5.74) is 2.28. The second-order valence-corrected chi connectivity index (χ2v) is 4.72. The number of carboxylic acid groups (broad SMARTS) is 1. The third-order valence-corrected chi connectivity index (χ3v) is 2.91. The van der Waals surface area contributed by atoms with Crippen molar-refractivity contribution in [3.63, 3.8) is 0 Å².